The Morgan fingerprint density at radius 3 is 2.46 bits per heavy atom. The maximum atomic E-state index is 2.28. The summed E-state index contributed by atoms with van der Waals surface area (Å²) in [6.07, 6.45) is 0. The summed E-state index contributed by atoms with van der Waals surface area (Å²) in [4.78, 5) is 1.50. The van der Waals surface area contributed by atoms with Crippen LogP contribution in [-0.4, -0.2) is 0 Å². The fraction of sp³-hybridized carbons (Fsp3) is 0.455. The van der Waals surface area contributed by atoms with Gasteiger partial charge in [-0.05, 0) is 36.3 Å². The van der Waals surface area contributed by atoms with Crippen LogP contribution < -0.4 is 0 Å². The first-order valence-electron chi connectivity index (χ1n) is 4.58. The van der Waals surface area contributed by atoms with E-state index in [-0.39, 0.29) is 0 Å². The highest BCUT2D eigenvalue weighted by Crippen LogP contribution is 2.40. The third kappa shape index (κ3) is 1.32. The first kappa shape index (κ1) is 9.22. The Bertz CT molecular complexity index is 432. The summed E-state index contributed by atoms with van der Waals surface area (Å²) >= 11 is 3.85. The minimum absolute atomic E-state index is 0.659. The van der Waals surface area contributed by atoms with E-state index in [4.69, 9.17) is 0 Å². The molecule has 0 saturated heterocycles. The quantitative estimate of drug-likeness (QED) is 0.640. The van der Waals surface area contributed by atoms with Crippen LogP contribution in [0.4, 0.5) is 0 Å². The average Bonchev–Trinajstić information content (AvgIpc) is 2.51. The smallest absolute Gasteiger partial charge is 0.0490 e. The van der Waals surface area contributed by atoms with Gasteiger partial charge in [0, 0.05) is 14.3 Å². The van der Waals surface area contributed by atoms with Gasteiger partial charge in [-0.1, -0.05) is 13.8 Å². The van der Waals surface area contributed by atoms with Crippen molar-refractivity contribution in [3.63, 3.8) is 0 Å². The molecule has 0 aliphatic heterocycles. The van der Waals surface area contributed by atoms with Gasteiger partial charge < -0.3 is 0 Å². The van der Waals surface area contributed by atoms with Gasteiger partial charge in [0.25, 0.3) is 0 Å². The Morgan fingerprint density at radius 2 is 1.85 bits per heavy atom. The van der Waals surface area contributed by atoms with Crippen LogP contribution in [0.2, 0.25) is 0 Å². The molecule has 2 aromatic rings. The number of fused-ring (bicyclic) bond motifs is 1. The van der Waals surface area contributed by atoms with Crippen LogP contribution in [0.5, 0.6) is 0 Å². The van der Waals surface area contributed by atoms with Gasteiger partial charge in [-0.25, -0.2) is 0 Å². The number of rotatable bonds is 1. The lowest BCUT2D eigenvalue weighted by atomic mass is 10.0. The van der Waals surface area contributed by atoms with E-state index in [1.807, 2.05) is 22.7 Å². The molecule has 2 rings (SSSR count). The zero-order chi connectivity index (χ0) is 9.59. The fourth-order valence-electron chi connectivity index (χ4n) is 1.78. The second-order valence-corrected chi connectivity index (χ2v) is 5.91. The van der Waals surface area contributed by atoms with Crippen LogP contribution in [0.3, 0.4) is 0 Å². The lowest BCUT2D eigenvalue weighted by Gasteiger charge is -2.02. The van der Waals surface area contributed by atoms with Gasteiger partial charge >= 0.3 is 0 Å². The van der Waals surface area contributed by atoms with Crippen molar-refractivity contribution in [3.8, 4) is 0 Å². The molecule has 70 valence electrons. The fourth-order valence-corrected chi connectivity index (χ4v) is 4.56. The second kappa shape index (κ2) is 3.10. The van der Waals surface area contributed by atoms with Gasteiger partial charge in [0.05, 0.1) is 0 Å². The molecule has 0 atom stereocenters. The molecule has 0 aliphatic rings. The second-order valence-electron chi connectivity index (χ2n) is 3.80. The van der Waals surface area contributed by atoms with Gasteiger partial charge in [-0.3, -0.25) is 0 Å². The average molecular weight is 210 g/mol. The van der Waals surface area contributed by atoms with Gasteiger partial charge in [-0.15, -0.1) is 22.7 Å². The van der Waals surface area contributed by atoms with Crippen LogP contribution in [0, 0.1) is 13.8 Å². The summed E-state index contributed by atoms with van der Waals surface area (Å²) in [5.74, 6) is 0.659. The van der Waals surface area contributed by atoms with E-state index in [1.54, 1.807) is 5.56 Å². The largest absolute Gasteiger partial charge is 0.142 e. The predicted octanol–water partition coefficient (Wildman–Crippen LogP) is 4.70. The minimum Gasteiger partial charge on any atom is -0.142 e. The SMILES string of the molecule is Cc1sc2c(C)csc2c1C(C)C. The van der Waals surface area contributed by atoms with Crippen LogP contribution in [0.1, 0.15) is 35.8 Å². The summed E-state index contributed by atoms with van der Waals surface area (Å²) in [5.41, 5.74) is 3.01. The van der Waals surface area contributed by atoms with Crippen LogP contribution in [0.25, 0.3) is 9.40 Å². The number of hydrogen-bond acceptors (Lipinski definition) is 2. The van der Waals surface area contributed by atoms with Crippen molar-refractivity contribution in [2.45, 2.75) is 33.6 Å². The number of aryl methyl sites for hydroxylation is 2. The standard InChI is InChI=1S/C11H14S2/c1-6(2)9-8(4)13-10-7(3)5-12-11(9)10/h5-6H,1-4H3. The maximum absolute atomic E-state index is 2.28. The lowest BCUT2D eigenvalue weighted by Crippen LogP contribution is -1.85. The highest BCUT2D eigenvalue weighted by atomic mass is 32.1. The monoisotopic (exact) mass is 210 g/mol. The molecule has 2 heterocycles. The molecule has 0 nitrogen and oxygen atoms in total. The third-order valence-electron chi connectivity index (χ3n) is 2.37. The van der Waals surface area contributed by atoms with Crippen LogP contribution >= 0.6 is 22.7 Å². The molecule has 0 amide bonds. The molecule has 0 N–H and O–H groups in total. The molecule has 0 spiro atoms. The molecule has 2 aromatic heterocycles. The summed E-state index contributed by atoms with van der Waals surface area (Å²) in [6, 6.07) is 0. The van der Waals surface area contributed by atoms with Crippen molar-refractivity contribution < 1.29 is 0 Å². The molecule has 0 aliphatic carbocycles. The van der Waals surface area contributed by atoms with Gasteiger partial charge in [0.15, 0.2) is 0 Å². The van der Waals surface area contributed by atoms with Crippen molar-refractivity contribution in [3.05, 3.63) is 21.4 Å². The summed E-state index contributed by atoms with van der Waals surface area (Å²) in [7, 11) is 0. The van der Waals surface area contributed by atoms with Crippen molar-refractivity contribution in [1.29, 1.82) is 0 Å². The van der Waals surface area contributed by atoms with Crippen LogP contribution in [-0.2, 0) is 0 Å². The zero-order valence-corrected chi connectivity index (χ0v) is 10.1. The molecular formula is C11H14S2. The van der Waals surface area contributed by atoms with Crippen molar-refractivity contribution in [2.75, 3.05) is 0 Å². The number of thiophene rings is 2. The Balaban J connectivity index is 2.79. The Kier molecular flexibility index (Phi) is 2.20. The topological polar surface area (TPSA) is 0 Å². The van der Waals surface area contributed by atoms with E-state index in [0.29, 0.717) is 5.92 Å². The van der Waals surface area contributed by atoms with E-state index in [1.165, 1.54) is 19.8 Å². The maximum Gasteiger partial charge on any atom is 0.0490 e. The molecule has 13 heavy (non-hydrogen) atoms. The molecule has 2 heteroatoms. The minimum atomic E-state index is 0.659. The van der Waals surface area contributed by atoms with E-state index >= 15 is 0 Å². The lowest BCUT2D eigenvalue weighted by molar-refractivity contribution is 0.874. The van der Waals surface area contributed by atoms with Gasteiger partial charge in [-0.2, -0.15) is 0 Å². The molecule has 0 saturated carbocycles. The van der Waals surface area contributed by atoms with E-state index in [2.05, 4.69) is 33.1 Å². The van der Waals surface area contributed by atoms with Crippen molar-refractivity contribution in [2.24, 2.45) is 0 Å². The van der Waals surface area contributed by atoms with Gasteiger partial charge in [0.1, 0.15) is 0 Å². The normalized spacial score (nSPS) is 11.8. The molecule has 0 unspecified atom stereocenters. The summed E-state index contributed by atoms with van der Waals surface area (Å²) < 4.78 is 3.03. The van der Waals surface area contributed by atoms with E-state index in [0.717, 1.165) is 0 Å². The molecular weight excluding hydrogens is 196 g/mol. The highest BCUT2D eigenvalue weighted by Gasteiger charge is 2.14. The molecule has 0 radical (unpaired) electrons. The zero-order valence-electron chi connectivity index (χ0n) is 8.47. The summed E-state index contributed by atoms with van der Waals surface area (Å²) in [6.45, 7) is 9.01. The first-order valence-corrected chi connectivity index (χ1v) is 6.28. The Labute approximate surface area is 87.2 Å². The van der Waals surface area contributed by atoms with E-state index < -0.39 is 0 Å². The molecule has 0 bridgehead atoms. The van der Waals surface area contributed by atoms with Crippen molar-refractivity contribution in [1.82, 2.24) is 0 Å². The molecule has 0 fully saturated rings. The summed E-state index contributed by atoms with van der Waals surface area (Å²) in [5, 5.41) is 2.27. The highest BCUT2D eigenvalue weighted by molar-refractivity contribution is 7.27. The van der Waals surface area contributed by atoms with Gasteiger partial charge in [0.2, 0.25) is 0 Å². The predicted molar refractivity (Wildman–Crippen MR) is 63.3 cm³/mol. The third-order valence-corrected chi connectivity index (χ3v) is 4.89. The van der Waals surface area contributed by atoms with Crippen LogP contribution in [0.15, 0.2) is 5.38 Å². The van der Waals surface area contributed by atoms with E-state index in [9.17, 15) is 0 Å². The molecule has 0 aromatic carbocycles. The Hall–Kier alpha value is -0.340. The number of hydrogen-bond donors (Lipinski definition) is 0. The first-order chi connectivity index (χ1) is 6.11. The van der Waals surface area contributed by atoms with Crippen molar-refractivity contribution >= 4 is 32.1 Å². The Morgan fingerprint density at radius 1 is 1.15 bits per heavy atom.